The second kappa shape index (κ2) is 9.33. The van der Waals surface area contributed by atoms with Crippen LogP contribution in [-0.2, 0) is 4.79 Å². The van der Waals surface area contributed by atoms with Crippen LogP contribution in [0.25, 0.3) is 0 Å². The highest BCUT2D eigenvalue weighted by Gasteiger charge is 2.09. The number of halogens is 1. The van der Waals surface area contributed by atoms with Crippen LogP contribution in [-0.4, -0.2) is 17.5 Å². The molecule has 0 aliphatic rings. The molecule has 0 bridgehead atoms. The molecule has 2 aromatic carbocycles. The van der Waals surface area contributed by atoms with Crippen LogP contribution in [0.1, 0.15) is 38.2 Å². The van der Waals surface area contributed by atoms with E-state index in [-0.39, 0.29) is 17.9 Å². The van der Waals surface area contributed by atoms with Gasteiger partial charge in [0.05, 0.1) is 16.0 Å². The highest BCUT2D eigenvalue weighted by molar-refractivity contribution is 9.10. The van der Waals surface area contributed by atoms with Crippen LogP contribution in [0, 0.1) is 10.1 Å². The first-order valence-corrected chi connectivity index (χ1v) is 9.03. The van der Waals surface area contributed by atoms with Gasteiger partial charge in [0.15, 0.2) is 0 Å². The van der Waals surface area contributed by atoms with Gasteiger partial charge in [-0.2, -0.15) is 0 Å². The Labute approximate surface area is 160 Å². The number of carbonyl (C=O) groups is 1. The Morgan fingerprint density at radius 1 is 1.19 bits per heavy atom. The van der Waals surface area contributed by atoms with E-state index in [2.05, 4.69) is 29.8 Å². The maximum absolute atomic E-state index is 11.8. The number of nitro benzene ring substituents is 1. The van der Waals surface area contributed by atoms with Gasteiger partial charge in [0.2, 0.25) is 0 Å². The Morgan fingerprint density at radius 2 is 1.88 bits per heavy atom. The molecule has 0 radical (unpaired) electrons. The molecule has 0 unspecified atom stereocenters. The van der Waals surface area contributed by atoms with E-state index >= 15 is 0 Å². The first-order chi connectivity index (χ1) is 12.4. The topological polar surface area (TPSA) is 78.7 Å². The van der Waals surface area contributed by atoms with E-state index in [0.717, 1.165) is 10.2 Å². The molecular formula is C19H20BrNO5. The summed E-state index contributed by atoms with van der Waals surface area (Å²) >= 11 is 3.49. The van der Waals surface area contributed by atoms with Crippen LogP contribution in [0.5, 0.6) is 11.5 Å². The van der Waals surface area contributed by atoms with Crippen molar-refractivity contribution >= 4 is 27.6 Å². The smallest absolute Gasteiger partial charge is 0.311 e. The molecule has 0 heterocycles. The Hall–Kier alpha value is -2.41. The Morgan fingerprint density at radius 3 is 2.46 bits per heavy atom. The lowest BCUT2D eigenvalue weighted by Crippen LogP contribution is -2.10. The first-order valence-electron chi connectivity index (χ1n) is 8.24. The van der Waals surface area contributed by atoms with Crippen molar-refractivity contribution in [2.75, 3.05) is 6.61 Å². The molecule has 7 heteroatoms. The molecule has 2 rings (SSSR count). The summed E-state index contributed by atoms with van der Waals surface area (Å²) in [7, 11) is 0. The maximum atomic E-state index is 11.8. The molecule has 0 N–H and O–H groups in total. The maximum Gasteiger partial charge on any atom is 0.311 e. The summed E-state index contributed by atoms with van der Waals surface area (Å²) in [5.41, 5.74) is 1.17. The lowest BCUT2D eigenvalue weighted by atomic mass is 10.0. The summed E-state index contributed by atoms with van der Waals surface area (Å²) in [6.07, 6.45) is 0.697. The molecule has 0 aliphatic heterocycles. The highest BCUT2D eigenvalue weighted by Crippen LogP contribution is 2.29. The molecule has 0 fully saturated rings. The average molecular weight is 422 g/mol. The van der Waals surface area contributed by atoms with Gasteiger partial charge in [0.25, 0.3) is 5.69 Å². The molecule has 6 nitrogen and oxygen atoms in total. The van der Waals surface area contributed by atoms with E-state index in [4.69, 9.17) is 9.47 Å². The van der Waals surface area contributed by atoms with Gasteiger partial charge in [-0.05, 0) is 58.1 Å². The van der Waals surface area contributed by atoms with Crippen LogP contribution >= 0.6 is 15.9 Å². The lowest BCUT2D eigenvalue weighted by molar-refractivity contribution is -0.384. The van der Waals surface area contributed by atoms with Crippen molar-refractivity contribution in [2.45, 2.75) is 32.6 Å². The SMILES string of the molecule is CC(C)c1ccc(OCCCC(=O)Oc2ccc([N+](=O)[O-])cc2)c(Br)c1. The van der Waals surface area contributed by atoms with Gasteiger partial charge >= 0.3 is 5.97 Å². The Balaban J connectivity index is 1.75. The van der Waals surface area contributed by atoms with E-state index in [1.165, 1.54) is 29.8 Å². The minimum absolute atomic E-state index is 0.0488. The third kappa shape index (κ3) is 5.84. The third-order valence-electron chi connectivity index (χ3n) is 3.68. The number of nitrogens with zero attached hydrogens (tertiary/aromatic N) is 1. The van der Waals surface area contributed by atoms with Gasteiger partial charge in [-0.3, -0.25) is 14.9 Å². The number of benzene rings is 2. The molecule has 0 saturated heterocycles. The monoisotopic (exact) mass is 421 g/mol. The molecule has 0 aliphatic carbocycles. The zero-order valence-corrected chi connectivity index (χ0v) is 16.2. The van der Waals surface area contributed by atoms with Crippen LogP contribution < -0.4 is 9.47 Å². The summed E-state index contributed by atoms with van der Waals surface area (Å²) in [5, 5.41) is 10.6. The van der Waals surface area contributed by atoms with Gasteiger partial charge in [0.1, 0.15) is 11.5 Å². The van der Waals surface area contributed by atoms with Crippen molar-refractivity contribution in [3.05, 3.63) is 62.6 Å². The van der Waals surface area contributed by atoms with Crippen LogP contribution in [0.4, 0.5) is 5.69 Å². The van der Waals surface area contributed by atoms with Gasteiger partial charge in [-0.15, -0.1) is 0 Å². The fourth-order valence-corrected chi connectivity index (χ4v) is 2.72. The average Bonchev–Trinajstić information content (AvgIpc) is 2.60. The van der Waals surface area contributed by atoms with Crippen LogP contribution in [0.3, 0.4) is 0 Å². The molecule has 138 valence electrons. The molecular weight excluding hydrogens is 402 g/mol. The van der Waals surface area contributed by atoms with Crippen molar-refractivity contribution in [1.29, 1.82) is 0 Å². The predicted octanol–water partition coefficient (Wildman–Crippen LogP) is 5.25. The highest BCUT2D eigenvalue weighted by atomic mass is 79.9. The van der Waals surface area contributed by atoms with E-state index in [1.807, 2.05) is 18.2 Å². The zero-order valence-electron chi connectivity index (χ0n) is 14.6. The van der Waals surface area contributed by atoms with Crippen molar-refractivity contribution in [3.8, 4) is 11.5 Å². The molecule has 0 aromatic heterocycles. The van der Waals surface area contributed by atoms with Crippen molar-refractivity contribution in [1.82, 2.24) is 0 Å². The standard InChI is InChI=1S/C19H20BrNO5/c1-13(2)14-5-10-18(17(20)12-14)25-11-3-4-19(22)26-16-8-6-15(7-9-16)21(23)24/h5-10,12-13H,3-4,11H2,1-2H3. The summed E-state index contributed by atoms with van der Waals surface area (Å²) in [6, 6.07) is 11.4. The third-order valence-corrected chi connectivity index (χ3v) is 4.30. The van der Waals surface area contributed by atoms with Crippen LogP contribution in [0.15, 0.2) is 46.9 Å². The minimum atomic E-state index is -0.505. The van der Waals surface area contributed by atoms with Crippen LogP contribution in [0.2, 0.25) is 0 Å². The lowest BCUT2D eigenvalue weighted by Gasteiger charge is -2.11. The Bertz CT molecular complexity index is 774. The molecule has 0 saturated carbocycles. The quantitative estimate of drug-likeness (QED) is 0.191. The summed E-state index contributed by atoms with van der Waals surface area (Å²) in [4.78, 5) is 21.9. The number of esters is 1. The van der Waals surface area contributed by atoms with Crippen molar-refractivity contribution in [2.24, 2.45) is 0 Å². The number of hydrogen-bond donors (Lipinski definition) is 0. The predicted molar refractivity (Wildman–Crippen MR) is 102 cm³/mol. The number of hydrogen-bond acceptors (Lipinski definition) is 5. The number of non-ortho nitro benzene ring substituents is 1. The Kier molecular flexibility index (Phi) is 7.15. The van der Waals surface area contributed by atoms with E-state index in [1.54, 1.807) is 0 Å². The van der Waals surface area contributed by atoms with E-state index in [0.29, 0.717) is 18.9 Å². The van der Waals surface area contributed by atoms with Gasteiger partial charge in [0, 0.05) is 18.6 Å². The van der Waals surface area contributed by atoms with Crippen molar-refractivity contribution in [3.63, 3.8) is 0 Å². The summed E-state index contributed by atoms with van der Waals surface area (Å²) < 4.78 is 11.7. The molecule has 0 spiro atoms. The van der Waals surface area contributed by atoms with Gasteiger partial charge in [-0.1, -0.05) is 19.9 Å². The normalized spacial score (nSPS) is 10.6. The van der Waals surface area contributed by atoms with E-state index in [9.17, 15) is 14.9 Å². The molecule has 0 atom stereocenters. The molecule has 2 aromatic rings. The minimum Gasteiger partial charge on any atom is -0.492 e. The summed E-state index contributed by atoms with van der Waals surface area (Å²) in [5.74, 6) is 1.05. The van der Waals surface area contributed by atoms with Gasteiger partial charge in [-0.25, -0.2) is 0 Å². The fourth-order valence-electron chi connectivity index (χ4n) is 2.21. The molecule has 26 heavy (non-hydrogen) atoms. The fraction of sp³-hybridized carbons (Fsp3) is 0.316. The van der Waals surface area contributed by atoms with Crippen molar-refractivity contribution < 1.29 is 19.2 Å². The van der Waals surface area contributed by atoms with Gasteiger partial charge < -0.3 is 9.47 Å². The first kappa shape index (κ1) is 19.9. The largest absolute Gasteiger partial charge is 0.492 e. The second-order valence-electron chi connectivity index (χ2n) is 6.02. The number of ether oxygens (including phenoxy) is 2. The molecule has 0 amide bonds. The zero-order chi connectivity index (χ0) is 19.1. The number of carbonyl (C=O) groups excluding carboxylic acids is 1. The summed E-state index contributed by atoms with van der Waals surface area (Å²) in [6.45, 7) is 4.63. The van der Waals surface area contributed by atoms with E-state index < -0.39 is 10.9 Å². The number of rotatable bonds is 8. The number of nitro groups is 1. The second-order valence-corrected chi connectivity index (χ2v) is 6.88.